The van der Waals surface area contributed by atoms with Gasteiger partial charge in [-0.2, -0.15) is 5.26 Å². The molecule has 1 aromatic heterocycles. The molecule has 41 heavy (non-hydrogen) atoms. The average molecular weight is 648 g/mol. The molecule has 2 aliphatic rings. The summed E-state index contributed by atoms with van der Waals surface area (Å²) in [5, 5.41) is 23.0. The minimum absolute atomic E-state index is 0.0403. The van der Waals surface area contributed by atoms with Crippen molar-refractivity contribution >= 4 is 80.4 Å². The van der Waals surface area contributed by atoms with E-state index in [2.05, 4.69) is 21.6 Å². The van der Waals surface area contributed by atoms with Gasteiger partial charge in [0, 0.05) is 38.3 Å². The predicted molar refractivity (Wildman–Crippen MR) is 162 cm³/mol. The van der Waals surface area contributed by atoms with E-state index in [0.29, 0.717) is 72.1 Å². The summed E-state index contributed by atoms with van der Waals surface area (Å²) in [7, 11) is 1.50. The highest BCUT2D eigenvalue weighted by atomic mass is 35.5. The van der Waals surface area contributed by atoms with Crippen LogP contribution in [0.25, 0.3) is 0 Å². The van der Waals surface area contributed by atoms with E-state index < -0.39 is 5.92 Å². The number of nitriles is 1. The van der Waals surface area contributed by atoms with Gasteiger partial charge in [0.15, 0.2) is 10.1 Å². The molecular formula is C27H21Cl3N6O3S2. The number of hydrogen-bond donors (Lipinski definition) is 2. The molecule has 0 radical (unpaired) electrons. The number of halogens is 3. The fourth-order valence-electron chi connectivity index (χ4n) is 4.82. The molecule has 1 atom stereocenters. The van der Waals surface area contributed by atoms with Crippen molar-refractivity contribution in [2.24, 2.45) is 5.73 Å². The highest BCUT2D eigenvalue weighted by molar-refractivity contribution is 8.01. The molecule has 3 N–H and O–H groups in total. The number of anilines is 2. The number of nitrogens with two attached hydrogens (primary N) is 1. The fraction of sp³-hybridized carbons (Fsp3) is 0.222. The molecule has 1 aliphatic carbocycles. The second-order valence-corrected chi connectivity index (χ2v) is 12.4. The van der Waals surface area contributed by atoms with Crippen LogP contribution in [-0.4, -0.2) is 34.8 Å². The number of aromatic nitrogens is 2. The van der Waals surface area contributed by atoms with Crippen LogP contribution >= 0.6 is 57.9 Å². The number of carbonyl (C=O) groups is 2. The second kappa shape index (κ2) is 12.3. The molecule has 0 bridgehead atoms. The summed E-state index contributed by atoms with van der Waals surface area (Å²) in [5.74, 6) is -0.550. The van der Waals surface area contributed by atoms with Crippen molar-refractivity contribution in [2.45, 2.75) is 29.5 Å². The molecule has 2 heterocycles. The van der Waals surface area contributed by atoms with Crippen LogP contribution in [0.3, 0.4) is 0 Å². The maximum atomic E-state index is 13.3. The Kier molecular flexibility index (Phi) is 8.77. The molecule has 2 aromatic carbocycles. The Labute approximate surface area is 258 Å². The summed E-state index contributed by atoms with van der Waals surface area (Å²) >= 11 is 21.5. The number of nitrogens with zero attached hydrogens (tertiary/aromatic N) is 4. The standard InChI is InChI=1S/C27H21Cl3N6O3S2/c1-39-20-9-8-13(28)10-17(20)33-21(38)12-40-27-35-34-26(41-27)36-18-6-3-7-19(37)24(18)22(14(11-31)25(36)32)23-15(29)4-2-5-16(23)30/h2,4-5,8-10,22H,3,6-7,12,32H2,1H3,(H,33,38). The van der Waals surface area contributed by atoms with Crippen molar-refractivity contribution in [1.29, 1.82) is 5.26 Å². The summed E-state index contributed by atoms with van der Waals surface area (Å²) in [6.07, 6.45) is 1.47. The fourth-order valence-corrected chi connectivity index (χ4v) is 7.29. The van der Waals surface area contributed by atoms with Gasteiger partial charge in [0.1, 0.15) is 11.6 Å². The number of rotatable bonds is 7. The summed E-state index contributed by atoms with van der Waals surface area (Å²) < 4.78 is 5.77. The van der Waals surface area contributed by atoms with Crippen LogP contribution in [0, 0.1) is 11.3 Å². The van der Waals surface area contributed by atoms with Gasteiger partial charge in [-0.25, -0.2) is 0 Å². The Hall–Kier alpha value is -3.27. The number of thioether (sulfide) groups is 1. The van der Waals surface area contributed by atoms with E-state index in [1.807, 2.05) is 0 Å². The largest absolute Gasteiger partial charge is 0.495 e. The highest BCUT2D eigenvalue weighted by Crippen LogP contribution is 2.49. The lowest BCUT2D eigenvalue weighted by Gasteiger charge is -2.38. The number of benzene rings is 2. The van der Waals surface area contributed by atoms with Crippen molar-refractivity contribution in [1.82, 2.24) is 10.2 Å². The Morgan fingerprint density at radius 1 is 1.24 bits per heavy atom. The molecule has 1 aliphatic heterocycles. The maximum Gasteiger partial charge on any atom is 0.234 e. The Bertz CT molecular complexity index is 1650. The number of hydrogen-bond acceptors (Lipinski definition) is 10. The lowest BCUT2D eigenvalue weighted by atomic mass is 9.75. The molecule has 0 spiro atoms. The first kappa shape index (κ1) is 29.2. The van der Waals surface area contributed by atoms with E-state index in [1.54, 1.807) is 41.3 Å². The summed E-state index contributed by atoms with van der Waals surface area (Å²) in [6, 6.07) is 12.1. The Morgan fingerprint density at radius 3 is 2.71 bits per heavy atom. The molecule has 210 valence electrons. The van der Waals surface area contributed by atoms with E-state index in [4.69, 9.17) is 45.3 Å². The van der Waals surface area contributed by atoms with Gasteiger partial charge in [-0.1, -0.05) is 64.0 Å². The number of methoxy groups -OCH3 is 1. The molecule has 1 amide bonds. The summed E-state index contributed by atoms with van der Waals surface area (Å²) in [6.45, 7) is 0. The third kappa shape index (κ3) is 5.76. The van der Waals surface area contributed by atoms with Crippen molar-refractivity contribution in [3.63, 3.8) is 0 Å². The first-order chi connectivity index (χ1) is 19.7. The minimum atomic E-state index is -0.797. The van der Waals surface area contributed by atoms with E-state index in [-0.39, 0.29) is 28.8 Å². The zero-order valence-corrected chi connectivity index (χ0v) is 25.3. The number of Topliss-reactive ketones (excluding diaryl/α,β-unsaturated/α-hetero) is 1. The molecule has 1 unspecified atom stereocenters. The number of nitrogens with one attached hydrogen (secondary N) is 1. The van der Waals surface area contributed by atoms with Crippen LogP contribution in [0.2, 0.25) is 15.1 Å². The topological polar surface area (TPSA) is 134 Å². The lowest BCUT2D eigenvalue weighted by molar-refractivity contribution is -0.116. The number of carbonyl (C=O) groups excluding carboxylic acids is 2. The minimum Gasteiger partial charge on any atom is -0.495 e. The average Bonchev–Trinajstić information content (AvgIpc) is 3.40. The van der Waals surface area contributed by atoms with Gasteiger partial charge in [0.25, 0.3) is 0 Å². The van der Waals surface area contributed by atoms with Crippen LogP contribution in [-0.2, 0) is 9.59 Å². The first-order valence-electron chi connectivity index (χ1n) is 12.2. The molecule has 3 aromatic rings. The van der Waals surface area contributed by atoms with Gasteiger partial charge in [0.2, 0.25) is 11.0 Å². The molecular weight excluding hydrogens is 627 g/mol. The van der Waals surface area contributed by atoms with Gasteiger partial charge in [0.05, 0.1) is 36.1 Å². The predicted octanol–water partition coefficient (Wildman–Crippen LogP) is 6.54. The first-order valence-corrected chi connectivity index (χ1v) is 15.2. The van der Waals surface area contributed by atoms with Crippen LogP contribution in [0.15, 0.2) is 63.4 Å². The molecule has 5 rings (SSSR count). The molecule has 0 saturated heterocycles. The summed E-state index contributed by atoms with van der Waals surface area (Å²) in [5.41, 5.74) is 8.73. The van der Waals surface area contributed by atoms with Gasteiger partial charge in [-0.15, -0.1) is 10.2 Å². The van der Waals surface area contributed by atoms with Gasteiger partial charge in [-0.3, -0.25) is 14.5 Å². The lowest BCUT2D eigenvalue weighted by Crippen LogP contribution is -2.38. The molecule has 9 nitrogen and oxygen atoms in total. The van der Waals surface area contributed by atoms with Gasteiger partial charge < -0.3 is 15.8 Å². The zero-order chi connectivity index (χ0) is 29.3. The molecule has 14 heteroatoms. The Balaban J connectivity index is 1.43. The summed E-state index contributed by atoms with van der Waals surface area (Å²) in [4.78, 5) is 27.6. The van der Waals surface area contributed by atoms with Crippen molar-refractivity contribution in [2.75, 3.05) is 23.1 Å². The Morgan fingerprint density at radius 2 is 2.00 bits per heavy atom. The van der Waals surface area contributed by atoms with Crippen LogP contribution in [0.1, 0.15) is 30.7 Å². The third-order valence-electron chi connectivity index (χ3n) is 6.55. The molecule has 0 saturated carbocycles. The van der Waals surface area contributed by atoms with Crippen LogP contribution in [0.4, 0.5) is 10.8 Å². The van der Waals surface area contributed by atoms with Gasteiger partial charge >= 0.3 is 0 Å². The van der Waals surface area contributed by atoms with Crippen LogP contribution in [0.5, 0.6) is 5.75 Å². The maximum absolute atomic E-state index is 13.3. The number of ketones is 1. The van der Waals surface area contributed by atoms with E-state index in [9.17, 15) is 14.9 Å². The molecule has 0 fully saturated rings. The monoisotopic (exact) mass is 646 g/mol. The quantitative estimate of drug-likeness (QED) is 0.274. The van der Waals surface area contributed by atoms with E-state index in [1.165, 1.54) is 30.2 Å². The van der Waals surface area contributed by atoms with Crippen molar-refractivity contribution in [3.8, 4) is 11.8 Å². The van der Waals surface area contributed by atoms with Crippen molar-refractivity contribution < 1.29 is 14.3 Å². The van der Waals surface area contributed by atoms with Crippen molar-refractivity contribution in [3.05, 3.63) is 79.7 Å². The number of amides is 1. The normalized spacial score (nSPS) is 16.9. The second-order valence-electron chi connectivity index (χ2n) is 8.98. The third-order valence-corrected chi connectivity index (χ3v) is 9.49. The SMILES string of the molecule is COc1ccc(Cl)cc1NC(=O)CSc1nnc(N2C(N)=C(C#N)C(c3c(Cl)cccc3Cl)C3=C2CCCC3=O)s1. The number of allylic oxidation sites excluding steroid dienone is 3. The number of ether oxygens (including phenoxy) is 1. The highest BCUT2D eigenvalue weighted by Gasteiger charge is 2.42. The smallest absolute Gasteiger partial charge is 0.234 e. The zero-order valence-electron chi connectivity index (χ0n) is 21.4. The van der Waals surface area contributed by atoms with E-state index >= 15 is 0 Å². The van der Waals surface area contributed by atoms with Crippen LogP contribution < -0.4 is 20.7 Å². The van der Waals surface area contributed by atoms with E-state index in [0.717, 1.165) is 0 Å². The van der Waals surface area contributed by atoms with Gasteiger partial charge in [-0.05, 0) is 43.2 Å².